The van der Waals surface area contributed by atoms with Crippen molar-refractivity contribution < 1.29 is 5.11 Å². The van der Waals surface area contributed by atoms with E-state index in [0.29, 0.717) is 18.4 Å². The Bertz CT molecular complexity index is 431. The molecule has 1 aliphatic rings. The molecule has 1 aliphatic heterocycles. The second-order valence-electron chi connectivity index (χ2n) is 6.44. The van der Waals surface area contributed by atoms with E-state index in [2.05, 4.69) is 49.2 Å². The zero-order valence-electron chi connectivity index (χ0n) is 13.0. The summed E-state index contributed by atoms with van der Waals surface area (Å²) in [5, 5.41) is 12.8. The Labute approximate surface area is 123 Å². The summed E-state index contributed by atoms with van der Waals surface area (Å²) in [6, 6.07) is 6.71. The maximum absolute atomic E-state index is 9.31. The first kappa shape index (κ1) is 15.3. The first-order valence-corrected chi connectivity index (χ1v) is 7.76. The van der Waals surface area contributed by atoms with Crippen molar-refractivity contribution in [2.24, 2.45) is 11.8 Å². The predicted octanol–water partition coefficient (Wildman–Crippen LogP) is 2.56. The summed E-state index contributed by atoms with van der Waals surface area (Å²) < 4.78 is 0. The molecule has 0 spiro atoms. The van der Waals surface area contributed by atoms with E-state index >= 15 is 0 Å². The third-order valence-electron chi connectivity index (χ3n) is 3.99. The molecule has 1 aromatic carbocycles. The van der Waals surface area contributed by atoms with Crippen LogP contribution in [-0.2, 0) is 6.54 Å². The number of aryl methyl sites for hydroxylation is 1. The zero-order valence-corrected chi connectivity index (χ0v) is 13.0. The molecule has 1 aromatic rings. The van der Waals surface area contributed by atoms with Gasteiger partial charge in [-0.1, -0.05) is 31.5 Å². The molecule has 1 atom stereocenters. The van der Waals surface area contributed by atoms with Gasteiger partial charge in [0, 0.05) is 37.8 Å². The third kappa shape index (κ3) is 3.97. The van der Waals surface area contributed by atoms with Crippen LogP contribution in [0.2, 0.25) is 0 Å². The number of aliphatic hydroxyl groups excluding tert-OH is 1. The van der Waals surface area contributed by atoms with Crippen molar-refractivity contribution in [3.63, 3.8) is 0 Å². The van der Waals surface area contributed by atoms with Crippen molar-refractivity contribution in [2.75, 3.05) is 31.1 Å². The number of benzene rings is 1. The van der Waals surface area contributed by atoms with E-state index in [1.807, 2.05) is 0 Å². The summed E-state index contributed by atoms with van der Waals surface area (Å²) in [6.07, 6.45) is 1.10. The number of nitrogens with zero attached hydrogens (tertiary/aromatic N) is 1. The molecule has 0 radical (unpaired) electrons. The minimum Gasteiger partial charge on any atom is -0.396 e. The molecular formula is C17H28N2O. The summed E-state index contributed by atoms with van der Waals surface area (Å²) in [4.78, 5) is 2.42. The van der Waals surface area contributed by atoms with Crippen molar-refractivity contribution >= 4 is 5.69 Å². The van der Waals surface area contributed by atoms with Crippen molar-refractivity contribution in [1.82, 2.24) is 5.32 Å². The van der Waals surface area contributed by atoms with Gasteiger partial charge < -0.3 is 15.3 Å². The maximum Gasteiger partial charge on any atom is 0.0476 e. The maximum atomic E-state index is 9.31. The highest BCUT2D eigenvalue weighted by Gasteiger charge is 2.23. The minimum atomic E-state index is 0.309. The van der Waals surface area contributed by atoms with Gasteiger partial charge in [-0.2, -0.15) is 0 Å². The van der Waals surface area contributed by atoms with Gasteiger partial charge in [-0.25, -0.2) is 0 Å². The fraction of sp³-hybridized carbons (Fsp3) is 0.647. The molecular weight excluding hydrogens is 248 g/mol. The molecule has 0 aliphatic carbocycles. The lowest BCUT2D eigenvalue weighted by Crippen LogP contribution is -2.25. The summed E-state index contributed by atoms with van der Waals surface area (Å²) in [5.41, 5.74) is 4.03. The standard InChI is InChI=1S/C17H28N2O/c1-13(2)9-18-10-16-8-14(3)4-5-17(16)19-7-6-15(11-19)12-20/h4-5,8,13,15,18,20H,6-7,9-12H2,1-3H3. The summed E-state index contributed by atoms with van der Waals surface area (Å²) in [6.45, 7) is 10.9. The lowest BCUT2D eigenvalue weighted by atomic mass is 10.1. The normalized spacial score (nSPS) is 19.1. The van der Waals surface area contributed by atoms with Crippen molar-refractivity contribution in [1.29, 1.82) is 0 Å². The number of rotatable bonds is 6. The average Bonchev–Trinajstić information content (AvgIpc) is 2.87. The highest BCUT2D eigenvalue weighted by atomic mass is 16.3. The smallest absolute Gasteiger partial charge is 0.0476 e. The monoisotopic (exact) mass is 276 g/mol. The van der Waals surface area contributed by atoms with Crippen LogP contribution in [0.5, 0.6) is 0 Å². The topological polar surface area (TPSA) is 35.5 Å². The Kier molecular flexibility index (Phi) is 5.44. The van der Waals surface area contributed by atoms with Crippen molar-refractivity contribution in [2.45, 2.75) is 33.7 Å². The van der Waals surface area contributed by atoms with E-state index < -0.39 is 0 Å². The molecule has 1 saturated heterocycles. The van der Waals surface area contributed by atoms with Gasteiger partial charge in [0.1, 0.15) is 0 Å². The van der Waals surface area contributed by atoms with Crippen molar-refractivity contribution in [3.05, 3.63) is 29.3 Å². The molecule has 0 saturated carbocycles. The van der Waals surface area contributed by atoms with Crippen LogP contribution in [0.4, 0.5) is 5.69 Å². The molecule has 2 N–H and O–H groups in total. The summed E-state index contributed by atoms with van der Waals surface area (Å²) in [5.74, 6) is 1.11. The van der Waals surface area contributed by atoms with E-state index in [4.69, 9.17) is 0 Å². The van der Waals surface area contributed by atoms with Crippen LogP contribution >= 0.6 is 0 Å². The molecule has 1 heterocycles. The Morgan fingerprint density at radius 2 is 2.20 bits per heavy atom. The molecule has 0 bridgehead atoms. The van der Waals surface area contributed by atoms with Gasteiger partial charge in [0.2, 0.25) is 0 Å². The fourth-order valence-electron chi connectivity index (χ4n) is 2.86. The number of hydrogen-bond acceptors (Lipinski definition) is 3. The van der Waals surface area contributed by atoms with Crippen LogP contribution in [0.15, 0.2) is 18.2 Å². The molecule has 3 nitrogen and oxygen atoms in total. The van der Waals surface area contributed by atoms with Gasteiger partial charge in [0.05, 0.1) is 0 Å². The number of anilines is 1. The van der Waals surface area contributed by atoms with Crippen LogP contribution in [-0.4, -0.2) is 31.3 Å². The minimum absolute atomic E-state index is 0.309. The van der Waals surface area contributed by atoms with E-state index in [1.54, 1.807) is 0 Å². The van der Waals surface area contributed by atoms with E-state index in [1.165, 1.54) is 16.8 Å². The largest absolute Gasteiger partial charge is 0.396 e. The van der Waals surface area contributed by atoms with E-state index in [0.717, 1.165) is 32.6 Å². The van der Waals surface area contributed by atoms with Gasteiger partial charge in [-0.3, -0.25) is 0 Å². The first-order chi connectivity index (χ1) is 9.60. The molecule has 1 fully saturated rings. The van der Waals surface area contributed by atoms with Crippen LogP contribution < -0.4 is 10.2 Å². The van der Waals surface area contributed by atoms with Crippen LogP contribution in [0.1, 0.15) is 31.4 Å². The Balaban J connectivity index is 2.07. The highest BCUT2D eigenvalue weighted by Crippen LogP contribution is 2.27. The fourth-order valence-corrected chi connectivity index (χ4v) is 2.86. The summed E-state index contributed by atoms with van der Waals surface area (Å²) >= 11 is 0. The van der Waals surface area contributed by atoms with E-state index in [-0.39, 0.29) is 0 Å². The number of hydrogen-bond donors (Lipinski definition) is 2. The second kappa shape index (κ2) is 7.09. The predicted molar refractivity (Wildman–Crippen MR) is 85.1 cm³/mol. The van der Waals surface area contributed by atoms with Gasteiger partial charge in [-0.05, 0) is 37.4 Å². The molecule has 112 valence electrons. The molecule has 3 heteroatoms. The SMILES string of the molecule is Cc1ccc(N2CCC(CO)C2)c(CNCC(C)C)c1. The van der Waals surface area contributed by atoms with Gasteiger partial charge in [-0.15, -0.1) is 0 Å². The molecule has 1 unspecified atom stereocenters. The third-order valence-corrected chi connectivity index (χ3v) is 3.99. The lowest BCUT2D eigenvalue weighted by molar-refractivity contribution is 0.238. The Morgan fingerprint density at radius 3 is 2.85 bits per heavy atom. The first-order valence-electron chi connectivity index (χ1n) is 7.76. The second-order valence-corrected chi connectivity index (χ2v) is 6.44. The highest BCUT2D eigenvalue weighted by molar-refractivity contribution is 5.55. The Hall–Kier alpha value is -1.06. The number of aliphatic hydroxyl groups is 1. The average molecular weight is 276 g/mol. The zero-order chi connectivity index (χ0) is 14.5. The van der Waals surface area contributed by atoms with Gasteiger partial charge in [0.25, 0.3) is 0 Å². The van der Waals surface area contributed by atoms with Crippen molar-refractivity contribution in [3.8, 4) is 0 Å². The van der Waals surface area contributed by atoms with Gasteiger partial charge >= 0.3 is 0 Å². The molecule has 20 heavy (non-hydrogen) atoms. The summed E-state index contributed by atoms with van der Waals surface area (Å²) in [7, 11) is 0. The lowest BCUT2D eigenvalue weighted by Gasteiger charge is -2.23. The quantitative estimate of drug-likeness (QED) is 0.838. The molecule has 0 aromatic heterocycles. The van der Waals surface area contributed by atoms with Crippen LogP contribution in [0.25, 0.3) is 0 Å². The Morgan fingerprint density at radius 1 is 1.40 bits per heavy atom. The van der Waals surface area contributed by atoms with Crippen LogP contribution in [0, 0.1) is 18.8 Å². The molecule has 0 amide bonds. The van der Waals surface area contributed by atoms with Gasteiger partial charge in [0.15, 0.2) is 0 Å². The van der Waals surface area contributed by atoms with Crippen LogP contribution in [0.3, 0.4) is 0 Å². The molecule has 2 rings (SSSR count). The van der Waals surface area contributed by atoms with E-state index in [9.17, 15) is 5.11 Å². The number of nitrogens with one attached hydrogen (secondary N) is 1.